The molecule has 0 aliphatic carbocycles. The maximum atomic E-state index is 11.6. The highest BCUT2D eigenvalue weighted by Crippen LogP contribution is 2.06. The van der Waals surface area contributed by atoms with Crippen LogP contribution in [0.2, 0.25) is 0 Å². The van der Waals surface area contributed by atoms with Gasteiger partial charge in [-0.3, -0.25) is 20.4 Å². The number of hydrogen-bond acceptors (Lipinski definition) is 8. The third kappa shape index (κ3) is 4.76. The van der Waals surface area contributed by atoms with Gasteiger partial charge in [-0.1, -0.05) is 18.2 Å². The highest BCUT2D eigenvalue weighted by molar-refractivity contribution is 6.06. The predicted octanol–water partition coefficient (Wildman–Crippen LogP) is -2.87. The Balaban J connectivity index is 2.56. The van der Waals surface area contributed by atoms with Gasteiger partial charge in [-0.15, -0.1) is 0 Å². The largest absolute Gasteiger partial charge is 0.394 e. The van der Waals surface area contributed by atoms with Crippen molar-refractivity contribution in [1.29, 1.82) is 0 Å². The number of hydrazine groups is 1. The molecule has 1 aromatic rings. The molecule has 9 nitrogen and oxygen atoms in total. The molecule has 0 saturated heterocycles. The average Bonchev–Trinajstić information content (AvgIpc) is 2.56. The Bertz CT molecular complexity index is 496. The molecule has 122 valence electrons. The van der Waals surface area contributed by atoms with Crippen LogP contribution in [-0.4, -0.2) is 68.2 Å². The first-order valence-electron chi connectivity index (χ1n) is 6.36. The number of ketones is 1. The molecule has 0 aromatic heterocycles. The zero-order valence-electron chi connectivity index (χ0n) is 11.5. The number of nitrogens with one attached hydrogen (secondary N) is 2. The molecule has 0 spiro atoms. The van der Waals surface area contributed by atoms with E-state index in [0.717, 1.165) is 0 Å². The number of carbonyl (C=O) groups is 2. The predicted molar refractivity (Wildman–Crippen MR) is 74.3 cm³/mol. The van der Waals surface area contributed by atoms with Crippen LogP contribution in [0.3, 0.4) is 0 Å². The minimum absolute atomic E-state index is 0.492. The van der Waals surface area contributed by atoms with Crippen molar-refractivity contribution in [3.63, 3.8) is 0 Å². The fourth-order valence-electron chi connectivity index (χ4n) is 1.50. The molecule has 0 aliphatic heterocycles. The second kappa shape index (κ2) is 8.41. The molecular weight excluding hydrogens is 296 g/mol. The van der Waals surface area contributed by atoms with Crippen LogP contribution in [0.1, 0.15) is 0 Å². The lowest BCUT2D eigenvalue weighted by Crippen LogP contribution is -2.52. The quantitative estimate of drug-likeness (QED) is 0.199. The van der Waals surface area contributed by atoms with E-state index in [0.29, 0.717) is 5.69 Å². The van der Waals surface area contributed by atoms with Gasteiger partial charge < -0.3 is 25.5 Å². The number of para-hydroxylation sites is 1. The number of benzene rings is 1. The summed E-state index contributed by atoms with van der Waals surface area (Å²) < 4.78 is 0. The van der Waals surface area contributed by atoms with Crippen molar-refractivity contribution in [3.8, 4) is 0 Å². The molecule has 1 amide bonds. The molecule has 9 heteroatoms. The van der Waals surface area contributed by atoms with Gasteiger partial charge in [0.1, 0.15) is 18.3 Å². The summed E-state index contributed by atoms with van der Waals surface area (Å²) in [5, 5.41) is 46.1. The van der Waals surface area contributed by atoms with Gasteiger partial charge >= 0.3 is 0 Å². The topological polar surface area (TPSA) is 159 Å². The van der Waals surface area contributed by atoms with Gasteiger partial charge in [0.25, 0.3) is 5.91 Å². The molecule has 0 unspecified atom stereocenters. The monoisotopic (exact) mass is 314 g/mol. The molecule has 7 N–H and O–H groups in total. The van der Waals surface area contributed by atoms with E-state index in [-0.39, 0.29) is 0 Å². The zero-order chi connectivity index (χ0) is 16.7. The Morgan fingerprint density at radius 1 is 1.05 bits per heavy atom. The summed E-state index contributed by atoms with van der Waals surface area (Å²) in [6, 6.07) is 8.35. The van der Waals surface area contributed by atoms with Gasteiger partial charge in [-0.2, -0.15) is 0 Å². The summed E-state index contributed by atoms with van der Waals surface area (Å²) in [7, 11) is 0. The van der Waals surface area contributed by atoms with Gasteiger partial charge in [0.15, 0.2) is 6.10 Å². The standard InChI is InChI=1S/C13H18N2O7/c16-6-8(17)9(18)10(19)11(20)12(21)13(22)15-14-7-4-2-1-3-5-7/h1-5,8-10,12,14,16-19,21H,6H2,(H,15,22)/t8-,9-,10+,12+/m1/s1. The Kier molecular flexibility index (Phi) is 6.89. The van der Waals surface area contributed by atoms with Crippen molar-refractivity contribution in [2.45, 2.75) is 24.4 Å². The molecule has 0 radical (unpaired) electrons. The molecule has 0 heterocycles. The molecule has 4 atom stereocenters. The lowest BCUT2D eigenvalue weighted by Gasteiger charge is -2.22. The van der Waals surface area contributed by atoms with E-state index in [4.69, 9.17) is 10.2 Å². The van der Waals surface area contributed by atoms with Crippen molar-refractivity contribution < 1.29 is 35.1 Å². The van der Waals surface area contributed by atoms with Crippen molar-refractivity contribution in [3.05, 3.63) is 30.3 Å². The van der Waals surface area contributed by atoms with Crippen LogP contribution >= 0.6 is 0 Å². The number of aliphatic hydroxyl groups excluding tert-OH is 5. The summed E-state index contributed by atoms with van der Waals surface area (Å²) >= 11 is 0. The molecule has 0 bridgehead atoms. The molecule has 22 heavy (non-hydrogen) atoms. The van der Waals surface area contributed by atoms with Gasteiger partial charge in [0.2, 0.25) is 5.78 Å². The van der Waals surface area contributed by atoms with Crippen LogP contribution in [0.15, 0.2) is 30.3 Å². The summed E-state index contributed by atoms with van der Waals surface area (Å²) in [4.78, 5) is 23.2. The van der Waals surface area contributed by atoms with Crippen LogP contribution in [0.4, 0.5) is 5.69 Å². The second-order valence-electron chi connectivity index (χ2n) is 4.47. The van der Waals surface area contributed by atoms with E-state index < -0.39 is 42.7 Å². The number of aliphatic hydroxyl groups is 5. The molecule has 1 rings (SSSR count). The second-order valence-corrected chi connectivity index (χ2v) is 4.47. The van der Waals surface area contributed by atoms with Gasteiger partial charge in [0.05, 0.1) is 12.3 Å². The Morgan fingerprint density at radius 3 is 2.18 bits per heavy atom. The minimum Gasteiger partial charge on any atom is -0.394 e. The number of rotatable bonds is 8. The van der Waals surface area contributed by atoms with Crippen LogP contribution in [0, 0.1) is 0 Å². The summed E-state index contributed by atoms with van der Waals surface area (Å²) in [5.74, 6) is -2.56. The van der Waals surface area contributed by atoms with Crippen molar-refractivity contribution >= 4 is 17.4 Å². The van der Waals surface area contributed by atoms with Crippen LogP contribution in [-0.2, 0) is 9.59 Å². The summed E-state index contributed by atoms with van der Waals surface area (Å²) in [6.45, 7) is -0.899. The first-order valence-corrected chi connectivity index (χ1v) is 6.36. The molecular formula is C13H18N2O7. The first kappa shape index (κ1) is 18.0. The van der Waals surface area contributed by atoms with Gasteiger partial charge in [0, 0.05) is 0 Å². The van der Waals surface area contributed by atoms with E-state index in [1.807, 2.05) is 0 Å². The zero-order valence-corrected chi connectivity index (χ0v) is 11.5. The van der Waals surface area contributed by atoms with Crippen LogP contribution in [0.5, 0.6) is 0 Å². The highest BCUT2D eigenvalue weighted by Gasteiger charge is 2.36. The van der Waals surface area contributed by atoms with Crippen molar-refractivity contribution in [2.24, 2.45) is 0 Å². The minimum atomic E-state index is -2.26. The maximum absolute atomic E-state index is 11.6. The number of Topliss-reactive ketones (excluding diaryl/α,β-unsaturated/α-hetero) is 1. The third-order valence-corrected chi connectivity index (χ3v) is 2.82. The van der Waals surface area contributed by atoms with Crippen LogP contribution in [0.25, 0.3) is 0 Å². The third-order valence-electron chi connectivity index (χ3n) is 2.82. The SMILES string of the molecule is O=C(NNc1ccccc1)[C@@H](O)C(=O)[C@@H](O)[C@H](O)[C@H](O)CO. The number of amides is 1. The Morgan fingerprint density at radius 2 is 1.64 bits per heavy atom. The number of anilines is 1. The normalized spacial score (nSPS) is 16.2. The molecule has 1 aromatic carbocycles. The summed E-state index contributed by atoms with van der Waals surface area (Å²) in [6.07, 6.45) is -8.29. The van der Waals surface area contributed by atoms with Crippen molar-refractivity contribution in [2.75, 3.05) is 12.0 Å². The molecule has 0 fully saturated rings. The smallest absolute Gasteiger partial charge is 0.274 e. The highest BCUT2D eigenvalue weighted by atomic mass is 16.4. The van der Waals surface area contributed by atoms with E-state index in [9.17, 15) is 24.9 Å². The fourth-order valence-corrected chi connectivity index (χ4v) is 1.50. The van der Waals surface area contributed by atoms with E-state index in [1.54, 1.807) is 30.3 Å². The number of carbonyl (C=O) groups excluding carboxylic acids is 2. The number of hydrogen-bond donors (Lipinski definition) is 7. The van der Waals surface area contributed by atoms with Crippen LogP contribution < -0.4 is 10.9 Å². The summed E-state index contributed by atoms with van der Waals surface area (Å²) in [5.41, 5.74) is 4.98. The lowest BCUT2D eigenvalue weighted by atomic mass is 10.0. The Labute approximate surface area is 125 Å². The molecule has 0 saturated carbocycles. The fraction of sp³-hybridized carbons (Fsp3) is 0.385. The van der Waals surface area contributed by atoms with E-state index >= 15 is 0 Å². The Hall–Kier alpha value is -2.04. The van der Waals surface area contributed by atoms with Crippen molar-refractivity contribution in [1.82, 2.24) is 5.43 Å². The van der Waals surface area contributed by atoms with E-state index in [2.05, 4.69) is 10.9 Å². The first-order chi connectivity index (χ1) is 10.4. The van der Waals surface area contributed by atoms with E-state index in [1.165, 1.54) is 0 Å². The van der Waals surface area contributed by atoms with Gasteiger partial charge in [-0.25, -0.2) is 0 Å². The lowest BCUT2D eigenvalue weighted by molar-refractivity contribution is -0.153. The van der Waals surface area contributed by atoms with Gasteiger partial charge in [-0.05, 0) is 12.1 Å². The molecule has 0 aliphatic rings. The maximum Gasteiger partial charge on any atom is 0.274 e. The average molecular weight is 314 g/mol.